The highest BCUT2D eigenvalue weighted by molar-refractivity contribution is 8.16. The molecule has 0 aromatic heterocycles. The number of nitrogens with one attached hydrogen (secondary N) is 2. The Morgan fingerprint density at radius 1 is 1.17 bits per heavy atom. The first-order chi connectivity index (χ1) is 17.5. The van der Waals surface area contributed by atoms with Crippen LogP contribution >= 0.6 is 11.8 Å². The SMILES string of the molecule is CC1=C(C(=O)Nc2ccccc2)C(c2ccc(F)cc2)N2C(CC(=O)NCC3CCCO3)=CSC2=N1. The molecular formula is C27H27FN4O3S. The second-order valence-electron chi connectivity index (χ2n) is 8.88. The number of para-hydroxylation sites is 1. The highest BCUT2D eigenvalue weighted by atomic mass is 32.2. The fraction of sp³-hybridized carbons (Fsp3) is 0.296. The first-order valence-electron chi connectivity index (χ1n) is 11.9. The van der Waals surface area contributed by atoms with E-state index in [0.29, 0.717) is 28.7 Å². The predicted octanol–water partition coefficient (Wildman–Crippen LogP) is 4.72. The van der Waals surface area contributed by atoms with Gasteiger partial charge in [0, 0.05) is 24.5 Å². The van der Waals surface area contributed by atoms with Crippen molar-refractivity contribution in [2.75, 3.05) is 18.5 Å². The molecule has 2 atom stereocenters. The van der Waals surface area contributed by atoms with E-state index in [0.717, 1.165) is 30.7 Å². The van der Waals surface area contributed by atoms with E-state index >= 15 is 0 Å². The number of aliphatic imine (C=N–C) groups is 1. The fourth-order valence-electron chi connectivity index (χ4n) is 4.60. The summed E-state index contributed by atoms with van der Waals surface area (Å²) >= 11 is 1.41. The smallest absolute Gasteiger partial charge is 0.255 e. The van der Waals surface area contributed by atoms with Crippen molar-refractivity contribution >= 4 is 34.4 Å². The molecule has 9 heteroatoms. The molecule has 1 fully saturated rings. The summed E-state index contributed by atoms with van der Waals surface area (Å²) in [6, 6.07) is 14.7. The Bertz CT molecular complexity index is 1240. The van der Waals surface area contributed by atoms with Crippen LogP contribution in [0, 0.1) is 5.82 Å². The average Bonchev–Trinajstić information content (AvgIpc) is 3.53. The number of hydrogen-bond donors (Lipinski definition) is 2. The van der Waals surface area contributed by atoms with E-state index in [1.807, 2.05) is 40.6 Å². The normalized spacial score (nSPS) is 21.1. The number of halogens is 1. The van der Waals surface area contributed by atoms with Crippen LogP contribution < -0.4 is 10.6 Å². The van der Waals surface area contributed by atoms with Gasteiger partial charge in [-0.15, -0.1) is 0 Å². The van der Waals surface area contributed by atoms with Crippen molar-refractivity contribution in [3.8, 4) is 0 Å². The lowest BCUT2D eigenvalue weighted by Crippen LogP contribution is -2.39. The van der Waals surface area contributed by atoms with Crippen LogP contribution in [0.1, 0.15) is 37.8 Å². The minimum absolute atomic E-state index is 0.0545. The molecule has 36 heavy (non-hydrogen) atoms. The van der Waals surface area contributed by atoms with E-state index in [1.54, 1.807) is 19.1 Å². The third-order valence-electron chi connectivity index (χ3n) is 6.36. The van der Waals surface area contributed by atoms with Crippen molar-refractivity contribution in [3.05, 3.63) is 88.4 Å². The molecule has 5 rings (SSSR count). The number of benzene rings is 2. The number of thioether (sulfide) groups is 1. The van der Waals surface area contributed by atoms with Gasteiger partial charge in [-0.2, -0.15) is 0 Å². The van der Waals surface area contributed by atoms with Gasteiger partial charge in [0.25, 0.3) is 5.91 Å². The Kier molecular flexibility index (Phi) is 7.20. The molecule has 2 N–H and O–H groups in total. The van der Waals surface area contributed by atoms with Gasteiger partial charge >= 0.3 is 0 Å². The Balaban J connectivity index is 1.42. The minimum Gasteiger partial charge on any atom is -0.376 e. The van der Waals surface area contributed by atoms with Crippen LogP contribution in [-0.2, 0) is 14.3 Å². The van der Waals surface area contributed by atoms with E-state index in [-0.39, 0.29) is 30.2 Å². The number of ether oxygens (including phenoxy) is 1. The molecule has 0 bridgehead atoms. The molecule has 2 aromatic rings. The summed E-state index contributed by atoms with van der Waals surface area (Å²) in [5.41, 5.74) is 3.15. The number of rotatable bonds is 7. The number of amidine groups is 1. The third kappa shape index (κ3) is 5.22. The van der Waals surface area contributed by atoms with Crippen molar-refractivity contribution in [2.24, 2.45) is 4.99 Å². The largest absolute Gasteiger partial charge is 0.376 e. The van der Waals surface area contributed by atoms with Crippen LogP contribution in [0.25, 0.3) is 0 Å². The van der Waals surface area contributed by atoms with Crippen molar-refractivity contribution in [1.82, 2.24) is 10.2 Å². The van der Waals surface area contributed by atoms with Gasteiger partial charge in [0.05, 0.1) is 29.8 Å². The van der Waals surface area contributed by atoms with E-state index in [4.69, 9.17) is 9.73 Å². The molecule has 3 heterocycles. The maximum atomic E-state index is 13.8. The van der Waals surface area contributed by atoms with Gasteiger partial charge < -0.3 is 20.3 Å². The zero-order chi connectivity index (χ0) is 25.1. The van der Waals surface area contributed by atoms with Crippen LogP contribution in [0.4, 0.5) is 10.1 Å². The second-order valence-corrected chi connectivity index (χ2v) is 9.72. The monoisotopic (exact) mass is 506 g/mol. The minimum atomic E-state index is -0.561. The molecule has 0 spiro atoms. The Morgan fingerprint density at radius 2 is 1.94 bits per heavy atom. The number of anilines is 1. The number of allylic oxidation sites excluding steroid dienone is 1. The van der Waals surface area contributed by atoms with E-state index in [9.17, 15) is 14.0 Å². The van der Waals surface area contributed by atoms with Gasteiger partial charge in [-0.3, -0.25) is 9.59 Å². The van der Waals surface area contributed by atoms with Gasteiger partial charge in [-0.1, -0.05) is 42.1 Å². The molecule has 3 aliphatic rings. The third-order valence-corrected chi connectivity index (χ3v) is 7.24. The molecule has 0 saturated carbocycles. The molecule has 7 nitrogen and oxygen atoms in total. The lowest BCUT2D eigenvalue weighted by atomic mass is 9.93. The number of nitrogens with zero attached hydrogens (tertiary/aromatic N) is 2. The average molecular weight is 507 g/mol. The summed E-state index contributed by atoms with van der Waals surface area (Å²) in [6.45, 7) is 3.01. The maximum absolute atomic E-state index is 13.8. The molecule has 0 aliphatic carbocycles. The van der Waals surface area contributed by atoms with Crippen LogP contribution in [0.2, 0.25) is 0 Å². The van der Waals surface area contributed by atoms with Gasteiger partial charge in [-0.05, 0) is 55.0 Å². The molecule has 0 radical (unpaired) electrons. The number of fused-ring (bicyclic) bond motifs is 1. The molecule has 2 unspecified atom stereocenters. The topological polar surface area (TPSA) is 83.0 Å². The summed E-state index contributed by atoms with van der Waals surface area (Å²) in [7, 11) is 0. The number of carbonyl (C=O) groups is 2. The zero-order valence-corrected chi connectivity index (χ0v) is 20.7. The summed E-state index contributed by atoms with van der Waals surface area (Å²) in [6.07, 6.45) is 2.13. The van der Waals surface area contributed by atoms with Crippen LogP contribution in [0.15, 0.2) is 82.0 Å². The summed E-state index contributed by atoms with van der Waals surface area (Å²) in [4.78, 5) is 33.0. The number of hydrogen-bond acceptors (Lipinski definition) is 6. The summed E-state index contributed by atoms with van der Waals surface area (Å²) in [5, 5.41) is 8.49. The van der Waals surface area contributed by atoms with Crippen molar-refractivity contribution in [1.29, 1.82) is 0 Å². The zero-order valence-electron chi connectivity index (χ0n) is 19.9. The maximum Gasteiger partial charge on any atom is 0.255 e. The van der Waals surface area contributed by atoms with E-state index in [2.05, 4.69) is 10.6 Å². The molecule has 3 aliphatic heterocycles. The van der Waals surface area contributed by atoms with Crippen molar-refractivity contribution in [2.45, 2.75) is 38.3 Å². The quantitative estimate of drug-likeness (QED) is 0.568. The van der Waals surface area contributed by atoms with Crippen LogP contribution in [0.5, 0.6) is 0 Å². The lowest BCUT2D eigenvalue weighted by molar-refractivity contribution is -0.121. The highest BCUT2D eigenvalue weighted by Gasteiger charge is 2.40. The Morgan fingerprint density at radius 3 is 2.67 bits per heavy atom. The van der Waals surface area contributed by atoms with Gasteiger partial charge in [0.1, 0.15) is 5.82 Å². The Labute approximate surface area is 213 Å². The summed E-state index contributed by atoms with van der Waals surface area (Å²) in [5.74, 6) is -0.785. The first kappa shape index (κ1) is 24.3. The number of amides is 2. The van der Waals surface area contributed by atoms with Crippen molar-refractivity contribution in [3.63, 3.8) is 0 Å². The fourth-order valence-corrected chi connectivity index (χ4v) is 5.56. The van der Waals surface area contributed by atoms with Gasteiger partial charge in [0.15, 0.2) is 5.17 Å². The molecule has 2 aromatic carbocycles. The van der Waals surface area contributed by atoms with Gasteiger partial charge in [0.2, 0.25) is 5.91 Å². The Hall–Kier alpha value is -3.43. The lowest BCUT2D eigenvalue weighted by Gasteiger charge is -2.36. The predicted molar refractivity (Wildman–Crippen MR) is 138 cm³/mol. The van der Waals surface area contributed by atoms with Gasteiger partial charge in [-0.25, -0.2) is 9.38 Å². The van der Waals surface area contributed by atoms with Crippen LogP contribution in [0.3, 0.4) is 0 Å². The first-order valence-corrected chi connectivity index (χ1v) is 12.8. The standard InChI is InChI=1S/C27H27FN4O3S/c1-17-24(26(34)31-20-6-3-2-4-7-20)25(18-9-11-19(28)12-10-18)32-21(16-36-27(32)30-17)14-23(33)29-15-22-8-5-13-35-22/h2-4,6-7,9-12,16,22,25H,5,8,13-15H2,1H3,(H,29,33)(H,31,34). The van der Waals surface area contributed by atoms with Crippen molar-refractivity contribution < 1.29 is 18.7 Å². The molecule has 186 valence electrons. The second kappa shape index (κ2) is 10.7. The number of carbonyl (C=O) groups excluding carboxylic acids is 2. The van der Waals surface area contributed by atoms with Crippen LogP contribution in [-0.4, -0.2) is 41.1 Å². The summed E-state index contributed by atoms with van der Waals surface area (Å²) < 4.78 is 19.4. The highest BCUT2D eigenvalue weighted by Crippen LogP contribution is 2.44. The van der Waals surface area contributed by atoms with E-state index < -0.39 is 6.04 Å². The van der Waals surface area contributed by atoms with E-state index in [1.165, 1.54) is 23.9 Å². The molecule has 1 saturated heterocycles. The molecular weight excluding hydrogens is 479 g/mol. The molecule has 2 amide bonds.